The molecule has 1 aliphatic carbocycles. The molecular formula is C10H7BrFN. The van der Waals surface area contributed by atoms with E-state index in [-0.39, 0.29) is 5.82 Å². The van der Waals surface area contributed by atoms with E-state index in [1.165, 1.54) is 12.1 Å². The Morgan fingerprint density at radius 3 is 2.54 bits per heavy atom. The van der Waals surface area contributed by atoms with Gasteiger partial charge in [-0.2, -0.15) is 5.26 Å². The van der Waals surface area contributed by atoms with Gasteiger partial charge < -0.3 is 0 Å². The average molecular weight is 240 g/mol. The van der Waals surface area contributed by atoms with E-state index in [2.05, 4.69) is 22.0 Å². The van der Waals surface area contributed by atoms with Crippen LogP contribution >= 0.6 is 15.9 Å². The largest absolute Gasteiger partial charge is 0.207 e. The highest BCUT2D eigenvalue weighted by Crippen LogP contribution is 2.48. The molecule has 0 heterocycles. The average Bonchev–Trinajstić information content (AvgIpc) is 2.82. The molecule has 3 heteroatoms. The van der Waals surface area contributed by atoms with Gasteiger partial charge in [0.15, 0.2) is 0 Å². The van der Waals surface area contributed by atoms with Crippen LogP contribution in [0.1, 0.15) is 18.4 Å². The van der Waals surface area contributed by atoms with Gasteiger partial charge in [0, 0.05) is 4.47 Å². The quantitative estimate of drug-likeness (QED) is 0.739. The molecule has 0 aromatic heterocycles. The molecule has 1 aliphatic rings. The summed E-state index contributed by atoms with van der Waals surface area (Å²) in [5.74, 6) is -0.286. The lowest BCUT2D eigenvalue weighted by atomic mass is 9.98. The van der Waals surface area contributed by atoms with Gasteiger partial charge in [-0.1, -0.05) is 15.9 Å². The Kier molecular flexibility index (Phi) is 1.88. The number of nitriles is 1. The van der Waals surface area contributed by atoms with Gasteiger partial charge in [-0.15, -0.1) is 0 Å². The maximum atomic E-state index is 13.0. The Bertz CT molecular complexity index is 370. The molecule has 2 rings (SSSR count). The van der Waals surface area contributed by atoms with Crippen molar-refractivity contribution in [3.05, 3.63) is 34.1 Å². The first-order valence-electron chi connectivity index (χ1n) is 4.04. The van der Waals surface area contributed by atoms with Gasteiger partial charge in [0.1, 0.15) is 5.82 Å². The zero-order chi connectivity index (χ0) is 9.47. The summed E-state index contributed by atoms with van der Waals surface area (Å²) in [5, 5.41) is 8.90. The van der Waals surface area contributed by atoms with Crippen LogP contribution in [0.5, 0.6) is 0 Å². The summed E-state index contributed by atoms with van der Waals surface area (Å²) in [7, 11) is 0. The summed E-state index contributed by atoms with van der Waals surface area (Å²) in [6.45, 7) is 0. The molecule has 66 valence electrons. The van der Waals surface area contributed by atoms with Crippen LogP contribution in [-0.2, 0) is 5.41 Å². The van der Waals surface area contributed by atoms with Crippen LogP contribution in [0.15, 0.2) is 22.7 Å². The van der Waals surface area contributed by atoms with Crippen LogP contribution < -0.4 is 0 Å². The number of benzene rings is 1. The molecule has 1 nitrogen and oxygen atoms in total. The highest BCUT2D eigenvalue weighted by Gasteiger charge is 2.45. The normalized spacial score (nSPS) is 17.9. The Morgan fingerprint density at radius 2 is 2.08 bits per heavy atom. The first-order chi connectivity index (χ1) is 6.16. The summed E-state index contributed by atoms with van der Waals surface area (Å²) in [4.78, 5) is 0. The van der Waals surface area contributed by atoms with E-state index >= 15 is 0 Å². The molecule has 1 saturated carbocycles. The predicted octanol–water partition coefficient (Wildman–Crippen LogP) is 3.14. The fourth-order valence-corrected chi connectivity index (χ4v) is 1.89. The standard InChI is InChI=1S/C10H7BrFN/c11-8-3-7(4-9(12)5-8)10(6-13)1-2-10/h3-5H,1-2H2. The van der Waals surface area contributed by atoms with Crippen LogP contribution in [0.4, 0.5) is 4.39 Å². The maximum absolute atomic E-state index is 13.0. The van der Waals surface area contributed by atoms with Gasteiger partial charge in [0.25, 0.3) is 0 Å². The molecule has 0 unspecified atom stereocenters. The van der Waals surface area contributed by atoms with E-state index in [1.807, 2.05) is 6.07 Å². The molecule has 0 bridgehead atoms. The third-order valence-corrected chi connectivity index (χ3v) is 2.84. The molecule has 0 amide bonds. The summed E-state index contributed by atoms with van der Waals surface area (Å²) in [6.07, 6.45) is 1.69. The van der Waals surface area contributed by atoms with Crippen molar-refractivity contribution in [3.8, 4) is 6.07 Å². The predicted molar refractivity (Wildman–Crippen MR) is 50.6 cm³/mol. The van der Waals surface area contributed by atoms with E-state index < -0.39 is 5.41 Å². The van der Waals surface area contributed by atoms with Gasteiger partial charge in [-0.3, -0.25) is 0 Å². The van der Waals surface area contributed by atoms with Crippen molar-refractivity contribution in [1.29, 1.82) is 5.26 Å². The second kappa shape index (κ2) is 2.81. The third-order valence-electron chi connectivity index (χ3n) is 2.38. The van der Waals surface area contributed by atoms with Crippen molar-refractivity contribution < 1.29 is 4.39 Å². The van der Waals surface area contributed by atoms with Gasteiger partial charge in [0.2, 0.25) is 0 Å². The fraction of sp³-hybridized carbons (Fsp3) is 0.300. The maximum Gasteiger partial charge on any atom is 0.124 e. The lowest BCUT2D eigenvalue weighted by Crippen LogP contribution is -2.02. The van der Waals surface area contributed by atoms with Crippen LogP contribution in [0.2, 0.25) is 0 Å². The number of rotatable bonds is 1. The minimum absolute atomic E-state index is 0.286. The molecule has 0 atom stereocenters. The molecule has 0 saturated heterocycles. The smallest absolute Gasteiger partial charge is 0.124 e. The zero-order valence-electron chi connectivity index (χ0n) is 6.85. The minimum atomic E-state index is -0.398. The van der Waals surface area contributed by atoms with Gasteiger partial charge >= 0.3 is 0 Å². The molecule has 0 spiro atoms. The topological polar surface area (TPSA) is 23.8 Å². The second-order valence-electron chi connectivity index (χ2n) is 3.35. The van der Waals surface area contributed by atoms with Crippen molar-refractivity contribution in [2.24, 2.45) is 0 Å². The van der Waals surface area contributed by atoms with Crippen molar-refractivity contribution in [2.45, 2.75) is 18.3 Å². The SMILES string of the molecule is N#CC1(c2cc(F)cc(Br)c2)CC1. The van der Waals surface area contributed by atoms with E-state index in [4.69, 9.17) is 5.26 Å². The van der Waals surface area contributed by atoms with Crippen molar-refractivity contribution >= 4 is 15.9 Å². The highest BCUT2D eigenvalue weighted by atomic mass is 79.9. The van der Waals surface area contributed by atoms with E-state index in [0.717, 1.165) is 18.4 Å². The number of hydrogen-bond donors (Lipinski definition) is 0. The van der Waals surface area contributed by atoms with Crippen LogP contribution in [0, 0.1) is 17.1 Å². The van der Waals surface area contributed by atoms with Crippen LogP contribution in [0.25, 0.3) is 0 Å². The number of hydrogen-bond acceptors (Lipinski definition) is 1. The van der Waals surface area contributed by atoms with Crippen molar-refractivity contribution in [1.82, 2.24) is 0 Å². The summed E-state index contributed by atoms with van der Waals surface area (Å²) in [5.41, 5.74) is 0.395. The van der Waals surface area contributed by atoms with E-state index in [1.54, 1.807) is 0 Å². The van der Waals surface area contributed by atoms with Gasteiger partial charge in [-0.25, -0.2) is 4.39 Å². The van der Waals surface area contributed by atoms with E-state index in [9.17, 15) is 4.39 Å². The molecule has 0 radical (unpaired) electrons. The van der Waals surface area contributed by atoms with Crippen molar-refractivity contribution in [3.63, 3.8) is 0 Å². The molecule has 0 aliphatic heterocycles. The number of nitrogens with zero attached hydrogens (tertiary/aromatic N) is 1. The Balaban J connectivity index is 2.48. The summed E-state index contributed by atoms with van der Waals surface area (Å²) < 4.78 is 13.7. The molecule has 1 aromatic rings. The minimum Gasteiger partial charge on any atom is -0.207 e. The fourth-order valence-electron chi connectivity index (χ4n) is 1.42. The van der Waals surface area contributed by atoms with Crippen molar-refractivity contribution in [2.75, 3.05) is 0 Å². The first-order valence-corrected chi connectivity index (χ1v) is 4.83. The Labute approximate surface area is 84.3 Å². The van der Waals surface area contributed by atoms with Gasteiger partial charge in [-0.05, 0) is 36.6 Å². The third kappa shape index (κ3) is 1.47. The van der Waals surface area contributed by atoms with Gasteiger partial charge in [0.05, 0.1) is 11.5 Å². The highest BCUT2D eigenvalue weighted by molar-refractivity contribution is 9.10. The van der Waals surface area contributed by atoms with Crippen LogP contribution in [-0.4, -0.2) is 0 Å². The summed E-state index contributed by atoms with van der Waals surface area (Å²) in [6, 6.07) is 6.90. The first kappa shape index (κ1) is 8.71. The summed E-state index contributed by atoms with van der Waals surface area (Å²) >= 11 is 3.21. The van der Waals surface area contributed by atoms with E-state index in [0.29, 0.717) is 4.47 Å². The molecule has 0 N–H and O–H groups in total. The molecule has 1 fully saturated rings. The lowest BCUT2D eigenvalue weighted by Gasteiger charge is -2.06. The Hall–Kier alpha value is -0.880. The Morgan fingerprint density at radius 1 is 1.38 bits per heavy atom. The monoisotopic (exact) mass is 239 g/mol. The zero-order valence-corrected chi connectivity index (χ0v) is 8.44. The molecule has 1 aromatic carbocycles. The molecular weight excluding hydrogens is 233 g/mol. The lowest BCUT2D eigenvalue weighted by molar-refractivity contribution is 0.622. The van der Waals surface area contributed by atoms with Crippen LogP contribution in [0.3, 0.4) is 0 Å². The molecule has 13 heavy (non-hydrogen) atoms. The number of halogens is 2. The second-order valence-corrected chi connectivity index (χ2v) is 4.27.